The molecule has 3 rings (SSSR count). The number of nitrogens with zero attached hydrogens (tertiary/aromatic N) is 2. The number of aromatic nitrogens is 2. The van der Waals surface area contributed by atoms with Crippen LogP contribution < -0.4 is 5.69 Å². The monoisotopic (exact) mass is 378 g/mol. The van der Waals surface area contributed by atoms with Gasteiger partial charge in [0.25, 0.3) is 0 Å². The van der Waals surface area contributed by atoms with Crippen LogP contribution in [0, 0.1) is 6.92 Å². The van der Waals surface area contributed by atoms with Crippen LogP contribution in [0.3, 0.4) is 0 Å². The van der Waals surface area contributed by atoms with Crippen LogP contribution in [0.2, 0.25) is 0 Å². The zero-order chi connectivity index (χ0) is 19.7. The summed E-state index contributed by atoms with van der Waals surface area (Å²) in [5, 5.41) is 0.788. The van der Waals surface area contributed by atoms with Crippen LogP contribution in [0.5, 0.6) is 0 Å². The maximum absolute atomic E-state index is 15.4. The number of hydrogen-bond donors (Lipinski definition) is 0. The van der Waals surface area contributed by atoms with Gasteiger partial charge in [0.2, 0.25) is 0 Å². The first-order chi connectivity index (χ1) is 12.8. The van der Waals surface area contributed by atoms with Crippen molar-refractivity contribution in [1.82, 2.24) is 9.55 Å². The Morgan fingerprint density at radius 1 is 1.22 bits per heavy atom. The van der Waals surface area contributed by atoms with E-state index in [-0.39, 0.29) is 18.8 Å². The number of para-hydroxylation sites is 1. The van der Waals surface area contributed by atoms with E-state index in [0.29, 0.717) is 11.2 Å². The summed E-state index contributed by atoms with van der Waals surface area (Å²) >= 11 is 0. The highest BCUT2D eigenvalue weighted by molar-refractivity contribution is 5.81. The standard InChI is InChI=1S/C20H27FN2O4/c1-11(2)25-10-16-18(26-12(3)4)17(21)19(27-16)23-15-9-7-6-8-14(15)13(5)22-20(23)24/h6-9,11-12,16-19H,10H2,1-5H3/t16-,17-,18-,19-/m1/s1. The molecule has 2 heterocycles. The number of alkyl halides is 1. The Labute approximate surface area is 158 Å². The summed E-state index contributed by atoms with van der Waals surface area (Å²) < 4.78 is 34.0. The number of ether oxygens (including phenoxy) is 3. The van der Waals surface area contributed by atoms with Gasteiger partial charge < -0.3 is 14.2 Å². The van der Waals surface area contributed by atoms with Crippen molar-refractivity contribution >= 4 is 10.9 Å². The minimum Gasteiger partial charge on any atom is -0.376 e. The Kier molecular flexibility index (Phi) is 5.93. The summed E-state index contributed by atoms with van der Waals surface area (Å²) in [6.45, 7) is 9.45. The Morgan fingerprint density at radius 3 is 2.59 bits per heavy atom. The fourth-order valence-electron chi connectivity index (χ4n) is 3.40. The third-order valence-corrected chi connectivity index (χ3v) is 4.57. The van der Waals surface area contributed by atoms with Gasteiger partial charge in [-0.15, -0.1) is 0 Å². The lowest BCUT2D eigenvalue weighted by Gasteiger charge is -2.22. The molecule has 1 fully saturated rings. The Hall–Kier alpha value is -1.83. The van der Waals surface area contributed by atoms with E-state index in [1.54, 1.807) is 19.1 Å². The minimum atomic E-state index is -1.52. The lowest BCUT2D eigenvalue weighted by Crippen LogP contribution is -2.38. The number of aryl methyl sites for hydroxylation is 1. The maximum atomic E-state index is 15.4. The molecule has 0 N–H and O–H groups in total. The fraction of sp³-hybridized carbons (Fsp3) is 0.600. The van der Waals surface area contributed by atoms with Crippen molar-refractivity contribution in [2.75, 3.05) is 6.61 Å². The molecule has 0 spiro atoms. The van der Waals surface area contributed by atoms with Gasteiger partial charge in [0, 0.05) is 5.39 Å². The van der Waals surface area contributed by atoms with Gasteiger partial charge >= 0.3 is 5.69 Å². The second-order valence-electron chi connectivity index (χ2n) is 7.41. The molecule has 0 unspecified atom stereocenters. The first-order valence-corrected chi connectivity index (χ1v) is 9.34. The quantitative estimate of drug-likeness (QED) is 0.773. The number of rotatable bonds is 6. The van der Waals surface area contributed by atoms with Gasteiger partial charge in [-0.3, -0.25) is 4.57 Å². The molecule has 148 valence electrons. The Bertz CT molecular complexity index is 851. The molecule has 1 aromatic heterocycles. The van der Waals surface area contributed by atoms with Crippen LogP contribution in [0.25, 0.3) is 10.9 Å². The van der Waals surface area contributed by atoms with Crippen LogP contribution in [-0.2, 0) is 14.2 Å². The van der Waals surface area contributed by atoms with E-state index in [9.17, 15) is 4.79 Å². The zero-order valence-electron chi connectivity index (χ0n) is 16.4. The molecular weight excluding hydrogens is 351 g/mol. The molecule has 7 heteroatoms. The number of hydrogen-bond acceptors (Lipinski definition) is 5. The first-order valence-electron chi connectivity index (χ1n) is 9.34. The van der Waals surface area contributed by atoms with Crippen molar-refractivity contribution < 1.29 is 18.6 Å². The summed E-state index contributed by atoms with van der Waals surface area (Å²) in [5.74, 6) is 0. The molecule has 0 saturated carbocycles. The lowest BCUT2D eigenvalue weighted by molar-refractivity contribution is -0.0964. The van der Waals surface area contributed by atoms with Crippen molar-refractivity contribution in [2.45, 2.75) is 71.4 Å². The number of fused-ring (bicyclic) bond motifs is 1. The summed E-state index contributed by atoms with van der Waals surface area (Å²) in [6, 6.07) is 7.30. The van der Waals surface area contributed by atoms with Gasteiger partial charge in [0.05, 0.1) is 30.0 Å². The average Bonchev–Trinajstić information content (AvgIpc) is 2.89. The molecule has 0 aliphatic carbocycles. The largest absolute Gasteiger partial charge is 0.376 e. The van der Waals surface area contributed by atoms with Gasteiger partial charge in [0.15, 0.2) is 12.4 Å². The van der Waals surface area contributed by atoms with Crippen LogP contribution >= 0.6 is 0 Å². The highest BCUT2D eigenvalue weighted by atomic mass is 19.1. The predicted octanol–water partition coefficient (Wildman–Crippen LogP) is 3.16. The molecule has 4 atom stereocenters. The van der Waals surface area contributed by atoms with Gasteiger partial charge in [-0.25, -0.2) is 9.18 Å². The van der Waals surface area contributed by atoms with Gasteiger partial charge in [-0.05, 0) is 40.7 Å². The molecule has 1 aliphatic heterocycles. The second kappa shape index (κ2) is 8.04. The first kappa shape index (κ1) is 19.9. The topological polar surface area (TPSA) is 62.6 Å². The van der Waals surface area contributed by atoms with Crippen LogP contribution in [0.15, 0.2) is 29.1 Å². The Morgan fingerprint density at radius 2 is 1.93 bits per heavy atom. The van der Waals surface area contributed by atoms with Crippen LogP contribution in [-0.4, -0.2) is 46.7 Å². The van der Waals surface area contributed by atoms with Crippen molar-refractivity contribution in [3.8, 4) is 0 Å². The Balaban J connectivity index is 2.02. The lowest BCUT2D eigenvalue weighted by atomic mass is 10.1. The van der Waals surface area contributed by atoms with Crippen LogP contribution in [0.1, 0.15) is 39.6 Å². The van der Waals surface area contributed by atoms with E-state index in [0.717, 1.165) is 5.39 Å². The zero-order valence-corrected chi connectivity index (χ0v) is 16.4. The molecule has 1 aliphatic rings. The third kappa shape index (κ3) is 4.05. The molecule has 0 bridgehead atoms. The molecule has 0 amide bonds. The van der Waals surface area contributed by atoms with Gasteiger partial charge in [-0.2, -0.15) is 4.98 Å². The van der Waals surface area contributed by atoms with Crippen LogP contribution in [0.4, 0.5) is 4.39 Å². The van der Waals surface area contributed by atoms with Gasteiger partial charge in [0.1, 0.15) is 12.2 Å². The summed E-state index contributed by atoms with van der Waals surface area (Å²) in [5.41, 5.74) is 0.666. The number of benzene rings is 1. The summed E-state index contributed by atoms with van der Waals surface area (Å²) in [6.07, 6.45) is -4.25. The molecule has 6 nitrogen and oxygen atoms in total. The normalized spacial score (nSPS) is 25.8. The van der Waals surface area contributed by atoms with Crippen molar-refractivity contribution in [3.05, 3.63) is 40.4 Å². The highest BCUT2D eigenvalue weighted by Gasteiger charge is 2.48. The van der Waals surface area contributed by atoms with E-state index in [4.69, 9.17) is 14.2 Å². The van der Waals surface area contributed by atoms with E-state index in [1.807, 2.05) is 39.8 Å². The molecule has 2 aromatic rings. The van der Waals surface area contributed by atoms with E-state index in [2.05, 4.69) is 4.98 Å². The second-order valence-corrected chi connectivity index (χ2v) is 7.41. The average molecular weight is 378 g/mol. The summed E-state index contributed by atoms with van der Waals surface area (Å²) in [7, 11) is 0. The van der Waals surface area contributed by atoms with Crippen molar-refractivity contribution in [1.29, 1.82) is 0 Å². The number of halogens is 1. The van der Waals surface area contributed by atoms with Gasteiger partial charge in [-0.1, -0.05) is 18.2 Å². The van der Waals surface area contributed by atoms with E-state index < -0.39 is 30.3 Å². The molecule has 27 heavy (non-hydrogen) atoms. The van der Waals surface area contributed by atoms with E-state index in [1.165, 1.54) is 4.57 Å². The molecule has 0 radical (unpaired) electrons. The SMILES string of the molecule is Cc1nc(=O)n([C@@H]2O[C@H](COC(C)C)[C@@H](OC(C)C)[C@H]2F)c2ccccc12. The van der Waals surface area contributed by atoms with Crippen molar-refractivity contribution in [2.24, 2.45) is 0 Å². The fourth-order valence-corrected chi connectivity index (χ4v) is 3.40. The highest BCUT2D eigenvalue weighted by Crippen LogP contribution is 2.35. The third-order valence-electron chi connectivity index (χ3n) is 4.57. The van der Waals surface area contributed by atoms with Crippen molar-refractivity contribution in [3.63, 3.8) is 0 Å². The predicted molar refractivity (Wildman–Crippen MR) is 101 cm³/mol. The minimum absolute atomic E-state index is 0.0185. The molecule has 1 aromatic carbocycles. The van der Waals surface area contributed by atoms with E-state index >= 15 is 4.39 Å². The molecular formula is C20H27FN2O4. The summed E-state index contributed by atoms with van der Waals surface area (Å²) in [4.78, 5) is 16.7. The molecule has 1 saturated heterocycles. The smallest absolute Gasteiger partial charge is 0.350 e. The maximum Gasteiger partial charge on any atom is 0.350 e.